The Bertz CT molecular complexity index is 559. The van der Waals surface area contributed by atoms with E-state index in [0.29, 0.717) is 12.1 Å². The molecule has 0 atom stereocenters. The van der Waals surface area contributed by atoms with E-state index in [1.807, 2.05) is 0 Å². The number of hydrogen-bond acceptors (Lipinski definition) is 3. The number of unbranched alkanes of at least 4 members (excludes halogenated alkanes) is 2. The lowest BCUT2D eigenvalue weighted by atomic mass is 10.1. The molecule has 0 radical (unpaired) electrons. The van der Waals surface area contributed by atoms with E-state index in [1.165, 1.54) is 16.4 Å². The van der Waals surface area contributed by atoms with Gasteiger partial charge in [-0.25, -0.2) is 17.1 Å². The van der Waals surface area contributed by atoms with Crippen LogP contribution in [0.4, 0.5) is 4.39 Å². The maximum atomic E-state index is 13.7. The molecule has 0 aliphatic rings. The van der Waals surface area contributed by atoms with Crippen molar-refractivity contribution in [1.29, 1.82) is 0 Å². The highest BCUT2D eigenvalue weighted by molar-refractivity contribution is 7.89. The van der Waals surface area contributed by atoms with Gasteiger partial charge in [-0.2, -0.15) is 0 Å². The Morgan fingerprint density at radius 2 is 1.95 bits per heavy atom. The maximum Gasteiger partial charge on any atom is 0.242 e. The molecule has 0 amide bonds. The molecule has 0 spiro atoms. The normalized spacial score (nSPS) is 12.1. The summed E-state index contributed by atoms with van der Waals surface area (Å²) in [4.78, 5) is 0.107. The summed E-state index contributed by atoms with van der Waals surface area (Å²) in [5.74, 6) is -0.430. The molecule has 20 heavy (non-hydrogen) atoms. The van der Waals surface area contributed by atoms with Crippen LogP contribution in [0.3, 0.4) is 0 Å². The van der Waals surface area contributed by atoms with Crippen LogP contribution in [-0.4, -0.2) is 26.3 Å². The van der Waals surface area contributed by atoms with Crippen LogP contribution in [0.2, 0.25) is 0 Å². The van der Waals surface area contributed by atoms with Gasteiger partial charge in [-0.15, -0.1) is 0 Å². The standard InChI is InChI=1S/C14H23FN2O2S/c1-4-5-6-7-17(3)20(18,19)13-8-11(2)14(15)12(9-13)10-16/h8-9H,4-7,10,16H2,1-3H3. The van der Waals surface area contributed by atoms with Crippen molar-refractivity contribution in [2.45, 2.75) is 44.6 Å². The largest absolute Gasteiger partial charge is 0.326 e. The number of nitrogens with two attached hydrogens (primary N) is 1. The van der Waals surface area contributed by atoms with E-state index in [1.54, 1.807) is 14.0 Å². The summed E-state index contributed by atoms with van der Waals surface area (Å²) >= 11 is 0. The van der Waals surface area contributed by atoms with Gasteiger partial charge in [0.1, 0.15) is 5.82 Å². The van der Waals surface area contributed by atoms with Crippen LogP contribution in [0, 0.1) is 12.7 Å². The van der Waals surface area contributed by atoms with Crippen LogP contribution in [-0.2, 0) is 16.6 Å². The first kappa shape index (κ1) is 17.1. The average molecular weight is 302 g/mol. The number of sulfonamides is 1. The summed E-state index contributed by atoms with van der Waals surface area (Å²) in [6, 6.07) is 2.69. The first-order valence-corrected chi connectivity index (χ1v) is 8.24. The average Bonchev–Trinajstić information content (AvgIpc) is 2.41. The molecule has 4 nitrogen and oxygen atoms in total. The van der Waals surface area contributed by atoms with E-state index < -0.39 is 15.8 Å². The SMILES string of the molecule is CCCCCN(C)S(=O)(=O)c1cc(C)c(F)c(CN)c1. The van der Waals surface area contributed by atoms with Crippen LogP contribution < -0.4 is 5.73 Å². The monoisotopic (exact) mass is 302 g/mol. The number of rotatable bonds is 7. The molecule has 0 aliphatic heterocycles. The molecule has 1 rings (SSSR count). The van der Waals surface area contributed by atoms with Crippen molar-refractivity contribution in [3.63, 3.8) is 0 Å². The first-order valence-electron chi connectivity index (χ1n) is 6.80. The lowest BCUT2D eigenvalue weighted by Gasteiger charge is -2.18. The Labute approximate surface area is 120 Å². The van der Waals surface area contributed by atoms with Crippen molar-refractivity contribution in [3.05, 3.63) is 29.1 Å². The fourth-order valence-electron chi connectivity index (χ4n) is 1.99. The van der Waals surface area contributed by atoms with Gasteiger partial charge in [0, 0.05) is 25.7 Å². The van der Waals surface area contributed by atoms with Gasteiger partial charge in [-0.05, 0) is 31.0 Å². The Morgan fingerprint density at radius 1 is 1.30 bits per heavy atom. The zero-order chi connectivity index (χ0) is 15.3. The van der Waals surface area contributed by atoms with Gasteiger partial charge in [0.25, 0.3) is 0 Å². The molecular weight excluding hydrogens is 279 g/mol. The van der Waals surface area contributed by atoms with Gasteiger partial charge < -0.3 is 5.73 Å². The molecule has 0 aliphatic carbocycles. The van der Waals surface area contributed by atoms with Crippen LogP contribution in [0.25, 0.3) is 0 Å². The lowest BCUT2D eigenvalue weighted by molar-refractivity contribution is 0.454. The molecular formula is C14H23FN2O2S. The third-order valence-electron chi connectivity index (χ3n) is 3.31. The summed E-state index contributed by atoms with van der Waals surface area (Å²) in [6.07, 6.45) is 2.83. The molecule has 114 valence electrons. The molecule has 0 heterocycles. The Balaban J connectivity index is 3.06. The van der Waals surface area contributed by atoms with E-state index in [-0.39, 0.29) is 17.0 Å². The van der Waals surface area contributed by atoms with Gasteiger partial charge in [0.15, 0.2) is 0 Å². The fourth-order valence-corrected chi connectivity index (χ4v) is 3.34. The number of aryl methyl sites for hydroxylation is 1. The fraction of sp³-hybridized carbons (Fsp3) is 0.571. The second kappa shape index (κ2) is 7.15. The maximum absolute atomic E-state index is 13.7. The van der Waals surface area contributed by atoms with E-state index in [0.717, 1.165) is 19.3 Å². The van der Waals surface area contributed by atoms with Crippen molar-refractivity contribution in [2.75, 3.05) is 13.6 Å². The van der Waals surface area contributed by atoms with Crippen molar-refractivity contribution in [1.82, 2.24) is 4.31 Å². The topological polar surface area (TPSA) is 63.4 Å². The molecule has 1 aromatic carbocycles. The molecule has 0 bridgehead atoms. The summed E-state index contributed by atoms with van der Waals surface area (Å²) in [5.41, 5.74) is 5.98. The van der Waals surface area contributed by atoms with Crippen LogP contribution in [0.1, 0.15) is 37.3 Å². The summed E-state index contributed by atoms with van der Waals surface area (Å²) in [6.45, 7) is 4.05. The second-order valence-corrected chi connectivity index (χ2v) is 7.00. The van der Waals surface area contributed by atoms with E-state index in [4.69, 9.17) is 5.73 Å². The summed E-state index contributed by atoms with van der Waals surface area (Å²) in [7, 11) is -2.03. The number of hydrogen-bond donors (Lipinski definition) is 1. The number of nitrogens with zero attached hydrogens (tertiary/aromatic N) is 1. The van der Waals surface area contributed by atoms with Gasteiger partial charge in [-0.3, -0.25) is 0 Å². The van der Waals surface area contributed by atoms with Crippen molar-refractivity contribution >= 4 is 10.0 Å². The van der Waals surface area contributed by atoms with E-state index >= 15 is 0 Å². The Hall–Kier alpha value is -0.980. The highest BCUT2D eigenvalue weighted by atomic mass is 32.2. The van der Waals surface area contributed by atoms with E-state index in [2.05, 4.69) is 6.92 Å². The molecule has 0 saturated heterocycles. The van der Waals surface area contributed by atoms with Gasteiger partial charge in [0.05, 0.1) is 4.90 Å². The molecule has 0 unspecified atom stereocenters. The molecule has 0 saturated carbocycles. The zero-order valence-electron chi connectivity index (χ0n) is 12.3. The predicted molar refractivity (Wildman–Crippen MR) is 78.4 cm³/mol. The molecule has 0 fully saturated rings. The van der Waals surface area contributed by atoms with Crippen LogP contribution in [0.15, 0.2) is 17.0 Å². The zero-order valence-corrected chi connectivity index (χ0v) is 13.1. The predicted octanol–water partition coefficient (Wildman–Crippen LogP) is 2.40. The van der Waals surface area contributed by atoms with Crippen molar-refractivity contribution in [2.24, 2.45) is 5.73 Å². The molecule has 0 aromatic heterocycles. The summed E-state index contributed by atoms with van der Waals surface area (Å²) < 4.78 is 39.9. The summed E-state index contributed by atoms with van der Waals surface area (Å²) in [5, 5.41) is 0. The minimum absolute atomic E-state index is 0.0183. The first-order chi connectivity index (χ1) is 9.34. The Kier molecular flexibility index (Phi) is 6.10. The van der Waals surface area contributed by atoms with Gasteiger partial charge in [-0.1, -0.05) is 19.8 Å². The van der Waals surface area contributed by atoms with Crippen molar-refractivity contribution in [3.8, 4) is 0 Å². The minimum atomic E-state index is -3.58. The minimum Gasteiger partial charge on any atom is -0.326 e. The number of benzene rings is 1. The highest BCUT2D eigenvalue weighted by Crippen LogP contribution is 2.21. The highest BCUT2D eigenvalue weighted by Gasteiger charge is 2.22. The third kappa shape index (κ3) is 3.77. The van der Waals surface area contributed by atoms with Crippen LogP contribution >= 0.6 is 0 Å². The van der Waals surface area contributed by atoms with Crippen LogP contribution in [0.5, 0.6) is 0 Å². The van der Waals surface area contributed by atoms with Gasteiger partial charge in [0.2, 0.25) is 10.0 Å². The number of halogens is 1. The van der Waals surface area contributed by atoms with E-state index in [9.17, 15) is 12.8 Å². The smallest absolute Gasteiger partial charge is 0.242 e. The second-order valence-electron chi connectivity index (χ2n) is 4.95. The molecule has 2 N–H and O–H groups in total. The quantitative estimate of drug-likeness (QED) is 0.787. The third-order valence-corrected chi connectivity index (χ3v) is 5.14. The van der Waals surface area contributed by atoms with Gasteiger partial charge >= 0.3 is 0 Å². The lowest BCUT2D eigenvalue weighted by Crippen LogP contribution is -2.28. The van der Waals surface area contributed by atoms with Crippen molar-refractivity contribution < 1.29 is 12.8 Å². The Morgan fingerprint density at radius 3 is 2.50 bits per heavy atom. The molecule has 6 heteroatoms. The molecule has 1 aromatic rings.